The van der Waals surface area contributed by atoms with E-state index in [0.29, 0.717) is 13.1 Å². The summed E-state index contributed by atoms with van der Waals surface area (Å²) in [6.07, 6.45) is -0.858. The number of aliphatic hydroxyl groups excluding tert-OH is 1. The van der Waals surface area contributed by atoms with Crippen molar-refractivity contribution in [3.8, 4) is 0 Å². The predicted molar refractivity (Wildman–Crippen MR) is 190 cm³/mol. The van der Waals surface area contributed by atoms with Crippen LogP contribution >= 0.6 is 0 Å². The topological polar surface area (TPSA) is 83.1 Å². The van der Waals surface area contributed by atoms with E-state index in [2.05, 4.69) is 78.9 Å². The van der Waals surface area contributed by atoms with Crippen LogP contribution in [0.3, 0.4) is 0 Å². The molecule has 0 radical (unpaired) electrons. The molecule has 3 N–H and O–H groups in total. The van der Waals surface area contributed by atoms with E-state index in [1.54, 1.807) is 0 Å². The van der Waals surface area contributed by atoms with Gasteiger partial charge in [-0.3, -0.25) is 4.90 Å². The van der Waals surface area contributed by atoms with Crippen LogP contribution in [0.25, 0.3) is 10.8 Å². The Bertz CT molecular complexity index is 1780. The fourth-order valence-electron chi connectivity index (χ4n) is 6.31. The van der Waals surface area contributed by atoms with Crippen LogP contribution in [0.5, 0.6) is 0 Å². The van der Waals surface area contributed by atoms with E-state index >= 15 is 0 Å². The highest BCUT2D eigenvalue weighted by atomic mass is 16.7. The van der Waals surface area contributed by atoms with Crippen LogP contribution in [0.2, 0.25) is 0 Å². The van der Waals surface area contributed by atoms with Crippen molar-refractivity contribution in [3.05, 3.63) is 155 Å². The number of carbonyl (C=O) groups excluding carboxylic acids is 1. The number of ether oxygens (including phenoxy) is 2. The molecule has 5 aromatic carbocycles. The van der Waals surface area contributed by atoms with E-state index in [1.165, 1.54) is 16.3 Å². The molecule has 0 spiro atoms. The predicted octanol–water partition coefficient (Wildman–Crippen LogP) is 7.82. The second kappa shape index (κ2) is 15.6. The minimum absolute atomic E-state index is 0.00304. The van der Waals surface area contributed by atoms with Gasteiger partial charge in [-0.25, -0.2) is 4.79 Å². The zero-order valence-electron chi connectivity index (χ0n) is 27.9. The Morgan fingerprint density at radius 3 is 2.04 bits per heavy atom. The number of aliphatic hydroxyl groups is 1. The first-order chi connectivity index (χ1) is 23.4. The van der Waals surface area contributed by atoms with Gasteiger partial charge in [-0.1, -0.05) is 122 Å². The van der Waals surface area contributed by atoms with Gasteiger partial charge in [-0.2, -0.15) is 0 Å². The quantitative estimate of drug-likeness (QED) is 0.137. The van der Waals surface area contributed by atoms with Gasteiger partial charge in [-0.15, -0.1) is 0 Å². The molecule has 248 valence electrons. The Labute approximate surface area is 283 Å². The van der Waals surface area contributed by atoms with Crippen molar-refractivity contribution in [2.75, 3.05) is 13.6 Å². The Kier molecular flexibility index (Phi) is 10.8. The minimum atomic E-state index is -0.561. The Hall–Kier alpha value is -4.53. The van der Waals surface area contributed by atoms with Crippen LogP contribution in [0.15, 0.2) is 121 Å². The first-order valence-corrected chi connectivity index (χ1v) is 16.7. The monoisotopic (exact) mass is 643 g/mol. The summed E-state index contributed by atoms with van der Waals surface area (Å²) in [7, 11) is 2.16. The van der Waals surface area contributed by atoms with Crippen molar-refractivity contribution in [3.63, 3.8) is 0 Å². The molecule has 1 heterocycles. The van der Waals surface area contributed by atoms with Crippen LogP contribution in [-0.2, 0) is 29.2 Å². The molecule has 1 aliphatic heterocycles. The highest BCUT2D eigenvalue weighted by Gasteiger charge is 2.39. The normalized spacial score (nSPS) is 20.0. The molecule has 0 aliphatic carbocycles. The van der Waals surface area contributed by atoms with E-state index < -0.39 is 6.29 Å². The van der Waals surface area contributed by atoms with Crippen molar-refractivity contribution in [2.24, 2.45) is 5.92 Å². The molecular weight excluding hydrogens is 598 g/mol. The third-order valence-electron chi connectivity index (χ3n) is 9.51. The number of rotatable bonds is 11. The van der Waals surface area contributed by atoms with Crippen LogP contribution in [0.1, 0.15) is 65.7 Å². The number of carbonyl (C=O) groups is 1. The number of amides is 2. The standard InChI is InChI=1S/C41H45N3O4/c1-28-38(26-44(3)29(2)36-22-21-33-11-7-8-12-37(33)23-36)47-40(48-39(28)34-17-15-32(27-45)16-18-34)35-19-13-31(14-20-35)25-43-41(46)42-24-30-9-5-4-6-10-30/h4-23,28-29,38-40,45H,24-27H2,1-3H3,(H2,42,43,46)/t28-,29-,38+,39+,40+/m1/s1. The van der Waals surface area contributed by atoms with Crippen LogP contribution in [0, 0.1) is 5.92 Å². The zero-order chi connectivity index (χ0) is 33.5. The number of nitrogens with zero attached hydrogens (tertiary/aromatic N) is 1. The molecule has 7 heteroatoms. The van der Waals surface area contributed by atoms with Gasteiger partial charge >= 0.3 is 6.03 Å². The number of urea groups is 1. The van der Waals surface area contributed by atoms with E-state index in [0.717, 1.165) is 34.4 Å². The molecule has 0 aromatic heterocycles. The molecule has 1 aliphatic rings. The second-order valence-corrected chi connectivity index (χ2v) is 12.8. The molecule has 1 saturated heterocycles. The molecule has 0 bridgehead atoms. The average Bonchev–Trinajstić information content (AvgIpc) is 3.14. The number of hydrogen-bond donors (Lipinski definition) is 3. The fourth-order valence-corrected chi connectivity index (χ4v) is 6.31. The van der Waals surface area contributed by atoms with Crippen molar-refractivity contribution in [1.29, 1.82) is 0 Å². The summed E-state index contributed by atoms with van der Waals surface area (Å²) < 4.78 is 13.4. The SMILES string of the molecule is C[C@@H]1[C@H](CN(C)[C@H](C)c2ccc3ccccc3c2)O[C@H](c2ccc(CNC(=O)NCc3ccccc3)cc2)O[C@@H]1c1ccc(CO)cc1. The van der Waals surface area contributed by atoms with Crippen molar-refractivity contribution < 1.29 is 19.4 Å². The highest BCUT2D eigenvalue weighted by molar-refractivity contribution is 5.83. The molecule has 0 saturated carbocycles. The van der Waals surface area contributed by atoms with E-state index in [-0.39, 0.29) is 36.8 Å². The molecule has 5 atom stereocenters. The van der Waals surface area contributed by atoms with Gasteiger partial charge in [0.05, 0.1) is 18.8 Å². The molecule has 7 nitrogen and oxygen atoms in total. The summed E-state index contributed by atoms with van der Waals surface area (Å²) in [5.74, 6) is 0.0744. The highest BCUT2D eigenvalue weighted by Crippen LogP contribution is 2.42. The minimum Gasteiger partial charge on any atom is -0.392 e. The smallest absolute Gasteiger partial charge is 0.315 e. The number of fused-ring (bicyclic) bond motifs is 1. The molecule has 0 unspecified atom stereocenters. The van der Waals surface area contributed by atoms with Crippen molar-refractivity contribution in [2.45, 2.75) is 58.1 Å². The lowest BCUT2D eigenvalue weighted by molar-refractivity contribution is -0.276. The first kappa shape index (κ1) is 33.4. The Morgan fingerprint density at radius 1 is 0.750 bits per heavy atom. The van der Waals surface area contributed by atoms with E-state index in [9.17, 15) is 9.90 Å². The molecule has 1 fully saturated rings. The van der Waals surface area contributed by atoms with Gasteiger partial charge in [0.2, 0.25) is 0 Å². The largest absolute Gasteiger partial charge is 0.392 e. The fraction of sp³-hybridized carbons (Fsp3) is 0.293. The molecular formula is C41H45N3O4. The lowest BCUT2D eigenvalue weighted by atomic mass is 9.89. The average molecular weight is 644 g/mol. The lowest BCUT2D eigenvalue weighted by Gasteiger charge is -2.43. The third kappa shape index (κ3) is 8.12. The molecule has 5 aromatic rings. The van der Waals surface area contributed by atoms with Crippen LogP contribution in [-0.4, -0.2) is 35.7 Å². The first-order valence-electron chi connectivity index (χ1n) is 16.7. The number of hydrogen-bond acceptors (Lipinski definition) is 5. The second-order valence-electron chi connectivity index (χ2n) is 12.8. The molecule has 2 amide bonds. The van der Waals surface area contributed by atoms with Crippen molar-refractivity contribution >= 4 is 16.8 Å². The number of benzene rings is 5. The maximum Gasteiger partial charge on any atom is 0.315 e. The summed E-state index contributed by atoms with van der Waals surface area (Å²) >= 11 is 0. The van der Waals surface area contributed by atoms with Gasteiger partial charge in [0.15, 0.2) is 6.29 Å². The maximum atomic E-state index is 12.4. The number of nitrogens with one attached hydrogen (secondary N) is 2. The summed E-state index contributed by atoms with van der Waals surface area (Å²) in [6, 6.07) is 41.0. The van der Waals surface area contributed by atoms with Crippen LogP contribution < -0.4 is 10.6 Å². The third-order valence-corrected chi connectivity index (χ3v) is 9.51. The van der Waals surface area contributed by atoms with Gasteiger partial charge in [0.1, 0.15) is 0 Å². The van der Waals surface area contributed by atoms with Gasteiger partial charge in [0, 0.05) is 37.2 Å². The lowest BCUT2D eigenvalue weighted by Crippen LogP contribution is -2.44. The maximum absolute atomic E-state index is 12.4. The van der Waals surface area contributed by atoms with Gasteiger partial charge in [-0.05, 0) is 58.6 Å². The summed E-state index contributed by atoms with van der Waals surface area (Å²) in [4.78, 5) is 14.7. The molecule has 48 heavy (non-hydrogen) atoms. The zero-order valence-corrected chi connectivity index (χ0v) is 27.9. The molecule has 6 rings (SSSR count). The Morgan fingerprint density at radius 2 is 1.35 bits per heavy atom. The van der Waals surface area contributed by atoms with Gasteiger partial charge < -0.3 is 25.2 Å². The number of likely N-dealkylation sites (N-methyl/N-ethyl adjacent to an activating group) is 1. The summed E-state index contributed by atoms with van der Waals surface area (Å²) in [5.41, 5.74) is 6.15. The van der Waals surface area contributed by atoms with E-state index in [1.807, 2.05) is 78.9 Å². The van der Waals surface area contributed by atoms with E-state index in [4.69, 9.17) is 9.47 Å². The van der Waals surface area contributed by atoms with Crippen LogP contribution in [0.4, 0.5) is 4.79 Å². The summed E-state index contributed by atoms with van der Waals surface area (Å²) in [6.45, 7) is 6.04. The van der Waals surface area contributed by atoms with Crippen molar-refractivity contribution in [1.82, 2.24) is 15.5 Å². The summed E-state index contributed by atoms with van der Waals surface area (Å²) in [5, 5.41) is 17.9. The Balaban J connectivity index is 1.14. The van der Waals surface area contributed by atoms with Gasteiger partial charge in [0.25, 0.3) is 0 Å².